The van der Waals surface area contributed by atoms with Crippen LogP contribution in [0.3, 0.4) is 0 Å². The summed E-state index contributed by atoms with van der Waals surface area (Å²) in [6.07, 6.45) is 0.122. The molecule has 1 N–H and O–H groups in total. The summed E-state index contributed by atoms with van der Waals surface area (Å²) in [6, 6.07) is 16.2. The lowest BCUT2D eigenvalue weighted by atomic mass is 9.87. The van der Waals surface area contributed by atoms with Gasteiger partial charge in [0.05, 0.1) is 6.04 Å². The van der Waals surface area contributed by atoms with E-state index in [1.807, 2.05) is 38.1 Å². The molecule has 140 valence electrons. The Morgan fingerprint density at radius 2 is 1.62 bits per heavy atom. The van der Waals surface area contributed by atoms with E-state index >= 15 is 0 Å². The lowest BCUT2D eigenvalue weighted by Gasteiger charge is -2.22. The molecular weight excluding hydrogens is 322 g/mol. The van der Waals surface area contributed by atoms with Gasteiger partial charge in [-0.2, -0.15) is 0 Å². The van der Waals surface area contributed by atoms with E-state index in [-0.39, 0.29) is 17.4 Å². The van der Waals surface area contributed by atoms with Crippen LogP contribution in [0.15, 0.2) is 48.5 Å². The van der Waals surface area contributed by atoms with Gasteiger partial charge >= 0.3 is 0 Å². The Balaban J connectivity index is 2.00. The molecule has 0 saturated heterocycles. The third-order valence-corrected chi connectivity index (χ3v) is 4.60. The number of amides is 1. The van der Waals surface area contributed by atoms with Gasteiger partial charge in [0.25, 0.3) is 5.91 Å². The Labute approximate surface area is 157 Å². The number of aryl methyl sites for hydroxylation is 1. The number of carbonyl (C=O) groups is 1. The number of carbonyl (C=O) groups excluding carboxylic acids is 1. The maximum atomic E-state index is 12.6. The molecule has 2 rings (SSSR count). The summed E-state index contributed by atoms with van der Waals surface area (Å²) in [5, 5.41) is 3.06. The first kappa shape index (κ1) is 20.0. The van der Waals surface area contributed by atoms with Crippen LogP contribution in [0, 0.1) is 6.92 Å². The van der Waals surface area contributed by atoms with Crippen LogP contribution in [0.1, 0.15) is 63.8 Å². The highest BCUT2D eigenvalue weighted by Gasteiger charge is 2.21. The Kier molecular flexibility index (Phi) is 6.47. The summed E-state index contributed by atoms with van der Waals surface area (Å²) in [5.74, 6) is 0.642. The van der Waals surface area contributed by atoms with Crippen molar-refractivity contribution in [2.45, 2.75) is 65.5 Å². The fourth-order valence-electron chi connectivity index (χ4n) is 2.76. The van der Waals surface area contributed by atoms with Crippen molar-refractivity contribution in [2.24, 2.45) is 0 Å². The van der Waals surface area contributed by atoms with Crippen LogP contribution in [0.5, 0.6) is 5.75 Å². The van der Waals surface area contributed by atoms with Crippen molar-refractivity contribution in [1.29, 1.82) is 0 Å². The van der Waals surface area contributed by atoms with E-state index in [0.29, 0.717) is 6.42 Å². The molecule has 0 bridgehead atoms. The highest BCUT2D eigenvalue weighted by Crippen LogP contribution is 2.25. The SMILES string of the molecule is CC[C@@H](Oc1ccc(C(C)(C)C)cc1)C(=O)N[C@@H](C)c1ccc(C)cc1. The topological polar surface area (TPSA) is 38.3 Å². The van der Waals surface area contributed by atoms with Crippen molar-refractivity contribution in [3.05, 3.63) is 65.2 Å². The number of ether oxygens (including phenoxy) is 1. The summed E-state index contributed by atoms with van der Waals surface area (Å²) in [5.41, 5.74) is 3.65. The van der Waals surface area contributed by atoms with Crippen molar-refractivity contribution in [1.82, 2.24) is 5.32 Å². The van der Waals surface area contributed by atoms with Crippen LogP contribution in [0.4, 0.5) is 0 Å². The summed E-state index contributed by atoms with van der Waals surface area (Å²) < 4.78 is 5.94. The summed E-state index contributed by atoms with van der Waals surface area (Å²) in [7, 11) is 0. The number of nitrogens with one attached hydrogen (secondary N) is 1. The van der Waals surface area contributed by atoms with E-state index in [4.69, 9.17) is 4.74 Å². The number of hydrogen-bond acceptors (Lipinski definition) is 2. The van der Waals surface area contributed by atoms with Gasteiger partial charge in [-0.15, -0.1) is 0 Å². The molecule has 0 aromatic heterocycles. The van der Waals surface area contributed by atoms with Crippen molar-refractivity contribution >= 4 is 5.91 Å². The van der Waals surface area contributed by atoms with Gasteiger partial charge in [-0.3, -0.25) is 4.79 Å². The van der Waals surface area contributed by atoms with Crippen LogP contribution in [0.25, 0.3) is 0 Å². The molecule has 0 saturated carbocycles. The third-order valence-electron chi connectivity index (χ3n) is 4.60. The van der Waals surface area contributed by atoms with E-state index in [1.54, 1.807) is 0 Å². The van der Waals surface area contributed by atoms with Gasteiger partial charge in [-0.1, -0.05) is 69.7 Å². The van der Waals surface area contributed by atoms with Crippen molar-refractivity contribution in [3.8, 4) is 5.75 Å². The zero-order valence-electron chi connectivity index (χ0n) is 16.8. The number of rotatable bonds is 6. The van der Waals surface area contributed by atoms with Gasteiger partial charge in [-0.25, -0.2) is 0 Å². The quantitative estimate of drug-likeness (QED) is 0.762. The minimum Gasteiger partial charge on any atom is -0.481 e. The fraction of sp³-hybridized carbons (Fsp3) is 0.435. The largest absolute Gasteiger partial charge is 0.481 e. The second-order valence-electron chi connectivity index (χ2n) is 7.93. The predicted molar refractivity (Wildman–Crippen MR) is 108 cm³/mol. The molecule has 0 heterocycles. The van der Waals surface area contributed by atoms with Crippen LogP contribution in [0.2, 0.25) is 0 Å². The summed E-state index contributed by atoms with van der Waals surface area (Å²) >= 11 is 0. The minimum atomic E-state index is -0.497. The Morgan fingerprint density at radius 3 is 2.12 bits per heavy atom. The second-order valence-corrected chi connectivity index (χ2v) is 7.93. The van der Waals surface area contributed by atoms with Gasteiger partial charge in [0.15, 0.2) is 6.10 Å². The molecule has 0 aliphatic heterocycles. The van der Waals surface area contributed by atoms with Crippen LogP contribution in [-0.4, -0.2) is 12.0 Å². The third kappa shape index (κ3) is 5.35. The van der Waals surface area contributed by atoms with E-state index in [1.165, 1.54) is 11.1 Å². The Bertz CT molecular complexity index is 711. The van der Waals surface area contributed by atoms with Crippen molar-refractivity contribution < 1.29 is 9.53 Å². The van der Waals surface area contributed by atoms with E-state index < -0.39 is 6.10 Å². The van der Waals surface area contributed by atoms with E-state index in [2.05, 4.69) is 57.3 Å². The van der Waals surface area contributed by atoms with Gasteiger partial charge in [-0.05, 0) is 48.9 Å². The van der Waals surface area contributed by atoms with Crippen LogP contribution < -0.4 is 10.1 Å². The van der Waals surface area contributed by atoms with Crippen molar-refractivity contribution in [2.75, 3.05) is 0 Å². The fourth-order valence-corrected chi connectivity index (χ4v) is 2.76. The molecule has 3 nitrogen and oxygen atoms in total. The van der Waals surface area contributed by atoms with Gasteiger partial charge < -0.3 is 10.1 Å². The number of benzene rings is 2. The van der Waals surface area contributed by atoms with Gasteiger partial charge in [0, 0.05) is 0 Å². The molecule has 3 heteroatoms. The van der Waals surface area contributed by atoms with Crippen LogP contribution in [-0.2, 0) is 10.2 Å². The molecule has 26 heavy (non-hydrogen) atoms. The number of hydrogen-bond donors (Lipinski definition) is 1. The zero-order valence-corrected chi connectivity index (χ0v) is 16.8. The monoisotopic (exact) mass is 353 g/mol. The predicted octanol–water partition coefficient (Wildman–Crippen LogP) is 5.33. The molecule has 0 unspecified atom stereocenters. The second kappa shape index (κ2) is 8.39. The highest BCUT2D eigenvalue weighted by molar-refractivity contribution is 5.81. The van der Waals surface area contributed by atoms with Crippen molar-refractivity contribution in [3.63, 3.8) is 0 Å². The van der Waals surface area contributed by atoms with Gasteiger partial charge in [0.1, 0.15) is 5.75 Å². The standard InChI is InChI=1S/C23H31NO2/c1-7-21(26-20-14-12-19(13-15-20)23(4,5)6)22(25)24-17(3)18-10-8-16(2)9-11-18/h8-15,17,21H,7H2,1-6H3,(H,24,25)/t17-,21+/m0/s1. The molecular formula is C23H31NO2. The first-order valence-electron chi connectivity index (χ1n) is 9.35. The van der Waals surface area contributed by atoms with E-state index in [9.17, 15) is 4.79 Å². The highest BCUT2D eigenvalue weighted by atomic mass is 16.5. The lowest BCUT2D eigenvalue weighted by Crippen LogP contribution is -2.39. The molecule has 0 spiro atoms. The molecule has 2 aromatic carbocycles. The average Bonchev–Trinajstić information content (AvgIpc) is 2.59. The lowest BCUT2D eigenvalue weighted by molar-refractivity contribution is -0.128. The van der Waals surface area contributed by atoms with Crippen LogP contribution >= 0.6 is 0 Å². The first-order valence-corrected chi connectivity index (χ1v) is 9.35. The van der Waals surface area contributed by atoms with Gasteiger partial charge in [0.2, 0.25) is 0 Å². The summed E-state index contributed by atoms with van der Waals surface area (Å²) in [4.78, 5) is 12.6. The summed E-state index contributed by atoms with van der Waals surface area (Å²) in [6.45, 7) is 12.5. The molecule has 0 fully saturated rings. The molecule has 0 radical (unpaired) electrons. The maximum Gasteiger partial charge on any atom is 0.261 e. The zero-order chi connectivity index (χ0) is 19.3. The molecule has 1 amide bonds. The average molecular weight is 354 g/mol. The smallest absolute Gasteiger partial charge is 0.261 e. The molecule has 2 atom stereocenters. The Morgan fingerprint density at radius 1 is 1.04 bits per heavy atom. The maximum absolute atomic E-state index is 12.6. The first-order chi connectivity index (χ1) is 12.2. The Hall–Kier alpha value is -2.29. The molecule has 0 aliphatic carbocycles. The normalized spacial score (nSPS) is 13.8. The van der Waals surface area contributed by atoms with E-state index in [0.717, 1.165) is 11.3 Å². The molecule has 2 aromatic rings. The molecule has 0 aliphatic rings. The minimum absolute atomic E-state index is 0.0518.